The zero-order valence-corrected chi connectivity index (χ0v) is 15.8. The average Bonchev–Trinajstić information content (AvgIpc) is 2.52. The Hall–Kier alpha value is -1.95. The molecule has 0 radical (unpaired) electrons. The molecule has 0 saturated carbocycles. The third-order valence-electron chi connectivity index (χ3n) is 3.23. The lowest BCUT2D eigenvalue weighted by Gasteiger charge is -2.25. The maximum atomic E-state index is 12.4. The number of rotatable bonds is 6. The van der Waals surface area contributed by atoms with E-state index in [9.17, 15) is 9.59 Å². The van der Waals surface area contributed by atoms with Crippen molar-refractivity contribution >= 4 is 29.0 Å². The van der Waals surface area contributed by atoms with Crippen molar-refractivity contribution in [2.45, 2.75) is 27.7 Å². The molecule has 0 bridgehead atoms. The maximum Gasteiger partial charge on any atom is 0.314 e. The van der Waals surface area contributed by atoms with Crippen LogP contribution in [0.25, 0.3) is 0 Å². The van der Waals surface area contributed by atoms with Crippen LogP contribution in [0.3, 0.4) is 0 Å². The van der Waals surface area contributed by atoms with Gasteiger partial charge >= 0.3 is 11.8 Å². The van der Waals surface area contributed by atoms with Crippen LogP contribution < -0.4 is 10.1 Å². The van der Waals surface area contributed by atoms with Gasteiger partial charge in [0.05, 0.1) is 7.11 Å². The highest BCUT2D eigenvalue weighted by Crippen LogP contribution is 2.11. The molecule has 5 nitrogen and oxygen atoms in total. The summed E-state index contributed by atoms with van der Waals surface area (Å²) in [5.41, 5.74) is 0.659. The van der Waals surface area contributed by atoms with Crippen LogP contribution in [0.1, 0.15) is 33.3 Å². The van der Waals surface area contributed by atoms with Gasteiger partial charge in [-0.15, -0.1) is 0 Å². The zero-order valence-electron chi connectivity index (χ0n) is 15.0. The lowest BCUT2D eigenvalue weighted by Crippen LogP contribution is -2.47. The van der Waals surface area contributed by atoms with E-state index < -0.39 is 11.8 Å². The first kappa shape index (κ1) is 20.1. The summed E-state index contributed by atoms with van der Waals surface area (Å²) < 4.78 is 5.08. The number of ether oxygens (including phenoxy) is 1. The molecule has 0 aliphatic rings. The molecule has 0 unspecified atom stereocenters. The van der Waals surface area contributed by atoms with Crippen molar-refractivity contribution < 1.29 is 14.3 Å². The van der Waals surface area contributed by atoms with Gasteiger partial charge in [-0.3, -0.25) is 9.59 Å². The first-order valence-corrected chi connectivity index (χ1v) is 8.44. The van der Waals surface area contributed by atoms with Crippen molar-refractivity contribution in [3.63, 3.8) is 0 Å². The number of carbonyl (C=O) groups excluding carboxylic acids is 2. The third-order valence-corrected chi connectivity index (χ3v) is 3.57. The normalized spacial score (nSPS) is 10.6. The lowest BCUT2D eigenvalue weighted by atomic mass is 10.1. The number of methoxy groups -OCH3 is 1. The minimum atomic E-state index is -0.697. The van der Waals surface area contributed by atoms with E-state index in [1.165, 1.54) is 0 Å². The zero-order chi connectivity index (χ0) is 18.3. The van der Waals surface area contributed by atoms with E-state index >= 15 is 0 Å². The Labute approximate surface area is 149 Å². The van der Waals surface area contributed by atoms with Crippen molar-refractivity contribution in [2.24, 2.45) is 11.8 Å². The molecule has 1 N–H and O–H groups in total. The molecule has 1 aromatic rings. The highest BCUT2D eigenvalue weighted by molar-refractivity contribution is 7.80. The SMILES string of the molecule is COc1ccc(C(=S)NC(=O)C(=O)N(CC(C)C)CC(C)C)cc1. The Morgan fingerprint density at radius 1 is 1.08 bits per heavy atom. The van der Waals surface area contributed by atoms with Gasteiger partial charge < -0.3 is 15.0 Å². The standard InChI is InChI=1S/C18H26N2O3S/c1-12(2)10-20(11-13(3)4)18(22)16(21)19-17(24)14-6-8-15(23-5)9-7-14/h6-9,12-13H,10-11H2,1-5H3,(H,19,21,24). The van der Waals surface area contributed by atoms with Crippen LogP contribution in [0, 0.1) is 11.8 Å². The van der Waals surface area contributed by atoms with Gasteiger partial charge in [-0.1, -0.05) is 39.9 Å². The molecule has 132 valence electrons. The number of thiocarbonyl (C=S) groups is 1. The van der Waals surface area contributed by atoms with Crippen LogP contribution in [0.15, 0.2) is 24.3 Å². The molecule has 0 aromatic heterocycles. The molecule has 0 saturated heterocycles. The maximum absolute atomic E-state index is 12.4. The van der Waals surface area contributed by atoms with Crippen LogP contribution in [0.5, 0.6) is 5.75 Å². The fraction of sp³-hybridized carbons (Fsp3) is 0.500. The Morgan fingerprint density at radius 3 is 2.00 bits per heavy atom. The highest BCUT2D eigenvalue weighted by Gasteiger charge is 2.24. The predicted octanol–water partition coefficient (Wildman–Crippen LogP) is 2.63. The monoisotopic (exact) mass is 350 g/mol. The Morgan fingerprint density at radius 2 is 1.58 bits per heavy atom. The van der Waals surface area contributed by atoms with Gasteiger partial charge in [0.25, 0.3) is 0 Å². The van der Waals surface area contributed by atoms with Crippen molar-refractivity contribution in [1.82, 2.24) is 10.2 Å². The number of nitrogens with one attached hydrogen (secondary N) is 1. The first-order chi connectivity index (χ1) is 11.2. The van der Waals surface area contributed by atoms with Gasteiger partial charge in [-0.25, -0.2) is 0 Å². The molecule has 0 atom stereocenters. The second-order valence-electron chi connectivity index (χ2n) is 6.51. The summed E-state index contributed by atoms with van der Waals surface area (Å²) in [5.74, 6) is 0.0254. The van der Waals surface area contributed by atoms with Crippen LogP contribution >= 0.6 is 12.2 Å². The fourth-order valence-corrected chi connectivity index (χ4v) is 2.47. The molecule has 0 aliphatic heterocycles. The van der Waals surface area contributed by atoms with Gasteiger partial charge in [-0.2, -0.15) is 0 Å². The molecule has 0 fully saturated rings. The molecule has 24 heavy (non-hydrogen) atoms. The van der Waals surface area contributed by atoms with Crippen molar-refractivity contribution in [2.75, 3.05) is 20.2 Å². The van der Waals surface area contributed by atoms with Crippen molar-refractivity contribution in [3.05, 3.63) is 29.8 Å². The van der Waals surface area contributed by atoms with Crippen molar-refractivity contribution in [3.8, 4) is 5.75 Å². The van der Waals surface area contributed by atoms with E-state index in [0.29, 0.717) is 24.4 Å². The smallest absolute Gasteiger partial charge is 0.314 e. The van der Waals surface area contributed by atoms with E-state index in [4.69, 9.17) is 17.0 Å². The lowest BCUT2D eigenvalue weighted by molar-refractivity contribution is -0.145. The van der Waals surface area contributed by atoms with E-state index in [2.05, 4.69) is 5.32 Å². The van der Waals surface area contributed by atoms with Gasteiger partial charge in [0.2, 0.25) is 0 Å². The van der Waals surface area contributed by atoms with Crippen LogP contribution in [0.4, 0.5) is 0 Å². The first-order valence-electron chi connectivity index (χ1n) is 8.03. The summed E-state index contributed by atoms with van der Waals surface area (Å²) in [6, 6.07) is 6.98. The minimum Gasteiger partial charge on any atom is -0.497 e. The number of hydrogen-bond donors (Lipinski definition) is 1. The number of hydrogen-bond acceptors (Lipinski definition) is 4. The second kappa shape index (κ2) is 9.37. The number of amides is 2. The van der Waals surface area contributed by atoms with E-state index in [1.54, 1.807) is 36.3 Å². The molecule has 1 aromatic carbocycles. The predicted molar refractivity (Wildman–Crippen MR) is 99.1 cm³/mol. The Kier molecular flexibility index (Phi) is 7.85. The van der Waals surface area contributed by atoms with Crippen LogP contribution in [0.2, 0.25) is 0 Å². The van der Waals surface area contributed by atoms with Gasteiger partial charge in [-0.05, 0) is 36.1 Å². The van der Waals surface area contributed by atoms with E-state index in [1.807, 2.05) is 27.7 Å². The number of nitrogens with zero attached hydrogens (tertiary/aromatic N) is 1. The summed E-state index contributed by atoms with van der Waals surface area (Å²) in [6.07, 6.45) is 0. The largest absolute Gasteiger partial charge is 0.497 e. The van der Waals surface area contributed by atoms with Crippen LogP contribution in [-0.4, -0.2) is 41.9 Å². The molecular weight excluding hydrogens is 324 g/mol. The molecule has 0 heterocycles. The third kappa shape index (κ3) is 6.28. The average molecular weight is 350 g/mol. The fourth-order valence-electron chi connectivity index (χ4n) is 2.24. The summed E-state index contributed by atoms with van der Waals surface area (Å²) >= 11 is 5.21. The molecule has 2 amide bonds. The summed E-state index contributed by atoms with van der Waals surface area (Å²) in [5, 5.41) is 2.52. The minimum absolute atomic E-state index is 0.227. The second-order valence-corrected chi connectivity index (χ2v) is 6.92. The molecule has 0 aliphatic carbocycles. The molecule has 0 spiro atoms. The van der Waals surface area contributed by atoms with Crippen molar-refractivity contribution in [1.29, 1.82) is 0 Å². The summed E-state index contributed by atoms with van der Waals surface area (Å²) in [4.78, 5) is 26.5. The van der Waals surface area contributed by atoms with Crippen LogP contribution in [-0.2, 0) is 9.59 Å². The summed E-state index contributed by atoms with van der Waals surface area (Å²) in [7, 11) is 1.58. The van der Waals surface area contributed by atoms with E-state index in [-0.39, 0.29) is 16.8 Å². The molecule has 1 rings (SSSR count). The van der Waals surface area contributed by atoms with Gasteiger partial charge in [0.1, 0.15) is 10.7 Å². The molecule has 6 heteroatoms. The number of benzene rings is 1. The van der Waals surface area contributed by atoms with E-state index in [0.717, 1.165) is 0 Å². The highest BCUT2D eigenvalue weighted by atomic mass is 32.1. The van der Waals surface area contributed by atoms with Gasteiger partial charge in [0, 0.05) is 18.7 Å². The van der Waals surface area contributed by atoms with Gasteiger partial charge in [0.15, 0.2) is 0 Å². The molecular formula is C18H26N2O3S. The Balaban J connectivity index is 2.75. The Bertz CT molecular complexity index is 572. The topological polar surface area (TPSA) is 58.6 Å². The number of carbonyl (C=O) groups is 2. The summed E-state index contributed by atoms with van der Waals surface area (Å²) in [6.45, 7) is 9.14. The quantitative estimate of drug-likeness (QED) is 0.633.